The van der Waals surface area contributed by atoms with Gasteiger partial charge in [-0.25, -0.2) is 0 Å². The highest BCUT2D eigenvalue weighted by molar-refractivity contribution is 5.73. The maximum absolute atomic E-state index is 12.2. The van der Waals surface area contributed by atoms with E-state index in [0.29, 0.717) is 5.92 Å². The largest absolute Gasteiger partial charge is 0.462 e. The average Bonchev–Trinajstić information content (AvgIpc) is 2.25. The van der Waals surface area contributed by atoms with Crippen LogP contribution in [-0.2, 0) is 9.53 Å². The van der Waals surface area contributed by atoms with Gasteiger partial charge in [-0.2, -0.15) is 0 Å². The quantitative estimate of drug-likeness (QED) is 0.773. The Morgan fingerprint density at radius 2 is 2.06 bits per heavy atom. The number of carbonyl (C=O) groups is 1. The summed E-state index contributed by atoms with van der Waals surface area (Å²) in [6, 6.07) is 0.206. The third-order valence-electron chi connectivity index (χ3n) is 4.68. The fourth-order valence-electron chi connectivity index (χ4n) is 2.64. The Morgan fingerprint density at radius 1 is 1.47 bits per heavy atom. The predicted octanol–water partition coefficient (Wildman–Crippen LogP) is 2.73. The number of ether oxygens (including phenoxy) is 1. The third-order valence-corrected chi connectivity index (χ3v) is 4.68. The second-order valence-corrected chi connectivity index (χ2v) is 6.06. The van der Waals surface area contributed by atoms with Crippen molar-refractivity contribution >= 4 is 5.97 Å². The summed E-state index contributed by atoms with van der Waals surface area (Å²) in [5, 5.41) is 0. The van der Waals surface area contributed by atoms with Crippen molar-refractivity contribution in [2.24, 2.45) is 23.0 Å². The third kappa shape index (κ3) is 3.01. The van der Waals surface area contributed by atoms with Crippen LogP contribution in [0.15, 0.2) is 0 Å². The molecule has 0 saturated heterocycles. The van der Waals surface area contributed by atoms with Crippen LogP contribution in [0.5, 0.6) is 0 Å². The maximum atomic E-state index is 12.2. The first-order valence-electron chi connectivity index (χ1n) is 6.76. The van der Waals surface area contributed by atoms with Crippen molar-refractivity contribution in [3.8, 4) is 0 Å². The van der Waals surface area contributed by atoms with Gasteiger partial charge in [0.1, 0.15) is 0 Å². The Bertz CT molecular complexity index is 275. The normalized spacial score (nSPS) is 34.1. The van der Waals surface area contributed by atoms with E-state index in [1.807, 2.05) is 13.8 Å². The molecular formula is C14H27NO2. The van der Waals surface area contributed by atoms with Gasteiger partial charge in [0.05, 0.1) is 12.0 Å². The number of hydrogen-bond acceptors (Lipinski definition) is 3. The van der Waals surface area contributed by atoms with Crippen LogP contribution in [0, 0.1) is 17.3 Å². The molecule has 0 aromatic heterocycles. The first-order valence-corrected chi connectivity index (χ1v) is 6.76. The molecule has 0 bridgehead atoms. The summed E-state index contributed by atoms with van der Waals surface area (Å²) in [7, 11) is 0. The number of esters is 1. The summed E-state index contributed by atoms with van der Waals surface area (Å²) in [5.74, 6) is 0.306. The van der Waals surface area contributed by atoms with Crippen molar-refractivity contribution in [1.29, 1.82) is 0 Å². The molecule has 1 fully saturated rings. The Balaban J connectivity index is 2.73. The molecule has 0 radical (unpaired) electrons. The van der Waals surface area contributed by atoms with Gasteiger partial charge in [-0.15, -0.1) is 0 Å². The van der Waals surface area contributed by atoms with Crippen LogP contribution >= 0.6 is 0 Å². The lowest BCUT2D eigenvalue weighted by Gasteiger charge is -2.45. The highest BCUT2D eigenvalue weighted by Gasteiger charge is 2.45. The molecule has 0 amide bonds. The van der Waals surface area contributed by atoms with Gasteiger partial charge in [0.2, 0.25) is 0 Å². The zero-order valence-corrected chi connectivity index (χ0v) is 11.8. The van der Waals surface area contributed by atoms with E-state index in [1.165, 1.54) is 0 Å². The molecule has 0 aromatic carbocycles. The zero-order chi connectivity index (χ0) is 13.2. The van der Waals surface area contributed by atoms with E-state index < -0.39 is 0 Å². The minimum Gasteiger partial charge on any atom is -0.462 e. The molecule has 4 atom stereocenters. The smallest absolute Gasteiger partial charge is 0.309 e. The molecule has 0 aromatic rings. The van der Waals surface area contributed by atoms with Crippen LogP contribution in [0.25, 0.3) is 0 Å². The molecule has 0 spiro atoms. The average molecular weight is 241 g/mol. The predicted molar refractivity (Wildman–Crippen MR) is 69.5 cm³/mol. The number of carbonyl (C=O) groups excluding carboxylic acids is 1. The molecule has 0 aliphatic heterocycles. The standard InChI is InChI=1S/C14H27NO2/c1-6-9(2)17-13(16)11-7-8-12(15)10(3)14(11,4)5/h9-12H,6-8,15H2,1-5H3. The summed E-state index contributed by atoms with van der Waals surface area (Å²) in [4.78, 5) is 12.2. The number of hydrogen-bond donors (Lipinski definition) is 1. The SMILES string of the molecule is CCC(C)OC(=O)C1CCC(N)C(C)C1(C)C. The second kappa shape index (κ2) is 5.38. The highest BCUT2D eigenvalue weighted by atomic mass is 16.5. The fraction of sp³-hybridized carbons (Fsp3) is 0.929. The van der Waals surface area contributed by atoms with Crippen molar-refractivity contribution in [1.82, 2.24) is 0 Å². The Hall–Kier alpha value is -0.570. The molecule has 17 heavy (non-hydrogen) atoms. The van der Waals surface area contributed by atoms with E-state index >= 15 is 0 Å². The molecule has 1 saturated carbocycles. The van der Waals surface area contributed by atoms with Crippen LogP contribution in [0.2, 0.25) is 0 Å². The Labute approximate surface area is 105 Å². The first-order chi connectivity index (χ1) is 7.80. The lowest BCUT2D eigenvalue weighted by atomic mass is 9.61. The van der Waals surface area contributed by atoms with E-state index in [1.54, 1.807) is 0 Å². The highest BCUT2D eigenvalue weighted by Crippen LogP contribution is 2.44. The minimum atomic E-state index is -0.0673. The summed E-state index contributed by atoms with van der Waals surface area (Å²) >= 11 is 0. The van der Waals surface area contributed by atoms with E-state index in [0.717, 1.165) is 19.3 Å². The van der Waals surface area contributed by atoms with Gasteiger partial charge >= 0.3 is 5.97 Å². The monoisotopic (exact) mass is 241 g/mol. The summed E-state index contributed by atoms with van der Waals surface area (Å²) in [6.45, 7) is 10.4. The van der Waals surface area contributed by atoms with Crippen molar-refractivity contribution in [3.05, 3.63) is 0 Å². The molecule has 100 valence electrons. The molecule has 1 aliphatic rings. The molecule has 3 nitrogen and oxygen atoms in total. The topological polar surface area (TPSA) is 52.3 Å². The summed E-state index contributed by atoms with van der Waals surface area (Å²) in [6.07, 6.45) is 2.66. The molecule has 0 heterocycles. The van der Waals surface area contributed by atoms with Crippen LogP contribution in [0.3, 0.4) is 0 Å². The van der Waals surface area contributed by atoms with Gasteiger partial charge in [0.15, 0.2) is 0 Å². The van der Waals surface area contributed by atoms with Crippen LogP contribution in [0.4, 0.5) is 0 Å². The van der Waals surface area contributed by atoms with Crippen molar-refractivity contribution in [2.75, 3.05) is 0 Å². The Morgan fingerprint density at radius 3 is 2.59 bits per heavy atom. The molecular weight excluding hydrogens is 214 g/mol. The van der Waals surface area contributed by atoms with Gasteiger partial charge in [-0.05, 0) is 37.5 Å². The van der Waals surface area contributed by atoms with Gasteiger partial charge in [-0.3, -0.25) is 4.79 Å². The van der Waals surface area contributed by atoms with E-state index in [9.17, 15) is 4.79 Å². The van der Waals surface area contributed by atoms with E-state index in [4.69, 9.17) is 10.5 Å². The van der Waals surface area contributed by atoms with Crippen molar-refractivity contribution in [2.45, 2.75) is 66.0 Å². The molecule has 2 N–H and O–H groups in total. The van der Waals surface area contributed by atoms with Gasteiger partial charge in [-0.1, -0.05) is 27.7 Å². The van der Waals surface area contributed by atoms with Crippen molar-refractivity contribution < 1.29 is 9.53 Å². The van der Waals surface area contributed by atoms with Crippen LogP contribution < -0.4 is 5.73 Å². The number of nitrogens with two attached hydrogens (primary N) is 1. The van der Waals surface area contributed by atoms with Gasteiger partial charge in [0, 0.05) is 6.04 Å². The van der Waals surface area contributed by atoms with E-state index in [2.05, 4.69) is 20.8 Å². The molecule has 1 rings (SSSR count). The first kappa shape index (κ1) is 14.5. The second-order valence-electron chi connectivity index (χ2n) is 6.06. The number of rotatable bonds is 3. The van der Waals surface area contributed by atoms with E-state index in [-0.39, 0.29) is 29.4 Å². The van der Waals surface area contributed by atoms with Gasteiger partial charge in [0.25, 0.3) is 0 Å². The van der Waals surface area contributed by atoms with Crippen molar-refractivity contribution in [3.63, 3.8) is 0 Å². The summed E-state index contributed by atoms with van der Waals surface area (Å²) in [5.41, 5.74) is 6.02. The maximum Gasteiger partial charge on any atom is 0.309 e. The van der Waals surface area contributed by atoms with Gasteiger partial charge < -0.3 is 10.5 Å². The molecule has 3 heteroatoms. The Kier molecular flexibility index (Phi) is 4.59. The molecule has 4 unspecified atom stereocenters. The molecule has 1 aliphatic carbocycles. The van der Waals surface area contributed by atoms with Crippen LogP contribution in [0.1, 0.15) is 53.9 Å². The van der Waals surface area contributed by atoms with Crippen LogP contribution in [-0.4, -0.2) is 18.1 Å². The lowest BCUT2D eigenvalue weighted by molar-refractivity contribution is -0.161. The zero-order valence-electron chi connectivity index (χ0n) is 11.8. The minimum absolute atomic E-state index is 0.00806. The summed E-state index contributed by atoms with van der Waals surface area (Å²) < 4.78 is 5.48. The lowest BCUT2D eigenvalue weighted by Crippen LogP contribution is -2.49. The fourth-order valence-corrected chi connectivity index (χ4v) is 2.64.